The van der Waals surface area contributed by atoms with E-state index in [1.54, 1.807) is 43.3 Å². The molecule has 3 aromatic carbocycles. The molecule has 1 unspecified atom stereocenters. The minimum atomic E-state index is -0.544. The highest BCUT2D eigenvalue weighted by atomic mass is 35.5. The largest absolute Gasteiger partial charge is 0.494 e. The molecule has 8 heteroatoms. The van der Waals surface area contributed by atoms with Crippen LogP contribution in [0.4, 0.5) is 0 Å². The summed E-state index contributed by atoms with van der Waals surface area (Å²) in [5.74, 6) is -0.482. The predicted molar refractivity (Wildman–Crippen MR) is 182 cm³/mol. The van der Waals surface area contributed by atoms with Gasteiger partial charge in [0.2, 0.25) is 0 Å². The van der Waals surface area contributed by atoms with Crippen molar-refractivity contribution in [1.29, 1.82) is 0 Å². The fourth-order valence-electron chi connectivity index (χ4n) is 4.75. The average molecular weight is 649 g/mol. The lowest BCUT2D eigenvalue weighted by atomic mass is 10.0. The van der Waals surface area contributed by atoms with Crippen LogP contribution in [-0.2, 0) is 14.3 Å². The van der Waals surface area contributed by atoms with E-state index in [2.05, 4.69) is 6.58 Å². The number of rotatable bonds is 21. The van der Waals surface area contributed by atoms with E-state index in [9.17, 15) is 14.4 Å². The highest BCUT2D eigenvalue weighted by molar-refractivity contribution is 6.20. The van der Waals surface area contributed by atoms with E-state index in [0.29, 0.717) is 30.1 Å². The number of ether oxygens (including phenoxy) is 4. The second kappa shape index (κ2) is 20.8. The minimum absolute atomic E-state index is 0.0750. The first-order valence-corrected chi connectivity index (χ1v) is 16.6. The number of halogens is 1. The highest BCUT2D eigenvalue weighted by Gasteiger charge is 2.17. The van der Waals surface area contributed by atoms with Crippen molar-refractivity contribution in [1.82, 2.24) is 0 Å². The number of carbonyl (C=O) groups is 3. The maximum Gasteiger partial charge on any atom is 0.343 e. The maximum atomic E-state index is 13.1. The Balaban J connectivity index is 1.39. The van der Waals surface area contributed by atoms with Gasteiger partial charge in [0.25, 0.3) is 0 Å². The summed E-state index contributed by atoms with van der Waals surface area (Å²) in [7, 11) is 0. The molecule has 1 atom stereocenters. The average Bonchev–Trinajstić information content (AvgIpc) is 3.07. The second-order valence-corrected chi connectivity index (χ2v) is 11.9. The molecule has 0 aliphatic carbocycles. The molecule has 0 radical (unpaired) electrons. The van der Waals surface area contributed by atoms with Crippen LogP contribution in [0.15, 0.2) is 85.5 Å². The summed E-state index contributed by atoms with van der Waals surface area (Å²) in [6.07, 6.45) is 12.5. The number of carbonyl (C=O) groups excluding carboxylic acids is 3. The van der Waals surface area contributed by atoms with Crippen LogP contribution in [0.2, 0.25) is 0 Å². The molecule has 3 aromatic rings. The number of unbranched alkanes of at least 4 members (excludes halogenated alkanes) is 9. The van der Waals surface area contributed by atoms with Crippen molar-refractivity contribution in [3.63, 3.8) is 0 Å². The van der Waals surface area contributed by atoms with E-state index in [1.807, 2.05) is 30.3 Å². The van der Waals surface area contributed by atoms with Crippen LogP contribution in [0.1, 0.15) is 91.8 Å². The first kappa shape index (κ1) is 36.4. The van der Waals surface area contributed by atoms with Crippen LogP contribution >= 0.6 is 11.6 Å². The van der Waals surface area contributed by atoms with Crippen molar-refractivity contribution in [2.75, 3.05) is 19.8 Å². The van der Waals surface area contributed by atoms with Gasteiger partial charge in [0.1, 0.15) is 18.1 Å². The Kier molecular flexibility index (Phi) is 16.5. The van der Waals surface area contributed by atoms with Gasteiger partial charge in [-0.05, 0) is 67.8 Å². The Morgan fingerprint density at radius 2 is 1.30 bits per heavy atom. The first-order valence-electron chi connectivity index (χ1n) is 16.1. The van der Waals surface area contributed by atoms with Gasteiger partial charge in [0.05, 0.1) is 29.7 Å². The summed E-state index contributed by atoms with van der Waals surface area (Å²) in [5.41, 5.74) is 2.16. The number of esters is 3. The molecule has 0 saturated carbocycles. The van der Waals surface area contributed by atoms with Crippen LogP contribution in [0, 0.1) is 0 Å². The first-order chi connectivity index (χ1) is 22.4. The molecule has 3 rings (SSSR count). The van der Waals surface area contributed by atoms with Crippen LogP contribution in [0.25, 0.3) is 11.1 Å². The number of hydrogen-bond acceptors (Lipinski definition) is 7. The smallest absolute Gasteiger partial charge is 0.343 e. The van der Waals surface area contributed by atoms with Crippen molar-refractivity contribution >= 4 is 29.5 Å². The quantitative estimate of drug-likeness (QED) is 0.0374. The molecule has 246 valence electrons. The van der Waals surface area contributed by atoms with Crippen molar-refractivity contribution in [2.24, 2.45) is 0 Å². The summed E-state index contributed by atoms with van der Waals surface area (Å²) in [6, 6.07) is 21.3. The van der Waals surface area contributed by atoms with Gasteiger partial charge in [0.15, 0.2) is 0 Å². The second-order valence-electron chi connectivity index (χ2n) is 11.1. The molecule has 0 heterocycles. The number of alkyl halides is 1. The Hall–Kier alpha value is -4.10. The van der Waals surface area contributed by atoms with E-state index in [4.69, 9.17) is 30.5 Å². The van der Waals surface area contributed by atoms with E-state index >= 15 is 0 Å². The van der Waals surface area contributed by atoms with Crippen molar-refractivity contribution in [3.8, 4) is 22.6 Å². The van der Waals surface area contributed by atoms with E-state index in [0.717, 1.165) is 31.2 Å². The zero-order chi connectivity index (χ0) is 33.0. The molecule has 0 amide bonds. The maximum absolute atomic E-state index is 13.1. The third-order valence-electron chi connectivity index (χ3n) is 7.26. The molecule has 0 bridgehead atoms. The van der Waals surface area contributed by atoms with Gasteiger partial charge >= 0.3 is 17.9 Å². The fourth-order valence-corrected chi connectivity index (χ4v) is 4.81. The number of hydrogen-bond donors (Lipinski definition) is 0. The van der Waals surface area contributed by atoms with E-state index in [1.165, 1.54) is 50.7 Å². The molecule has 0 N–H and O–H groups in total. The molecular weight excluding hydrogens is 604 g/mol. The molecule has 7 nitrogen and oxygen atoms in total. The summed E-state index contributed by atoms with van der Waals surface area (Å²) in [5, 5.41) is -0.316. The zero-order valence-electron chi connectivity index (χ0n) is 26.7. The van der Waals surface area contributed by atoms with E-state index in [-0.39, 0.29) is 29.3 Å². The van der Waals surface area contributed by atoms with Crippen LogP contribution < -0.4 is 9.47 Å². The normalized spacial score (nSPS) is 11.3. The van der Waals surface area contributed by atoms with Gasteiger partial charge in [-0.2, -0.15) is 0 Å². The standard InChI is InChI=1S/C38H45ClO7/c1-3-36(40)44-26-16-11-9-7-5-4-6-8-10-15-25-43-33-22-19-31(20-23-33)38(42)46-35-27-32(37(41)45-28-29(2)39)21-24-34(35)30-17-13-12-14-18-30/h3,12-14,17-24,27,29H,1,4-11,15-16,25-26,28H2,2H3. The van der Waals surface area contributed by atoms with Crippen LogP contribution in [0.3, 0.4) is 0 Å². The van der Waals surface area contributed by atoms with E-state index < -0.39 is 11.9 Å². The number of benzene rings is 3. The van der Waals surface area contributed by atoms with Crippen molar-refractivity contribution in [3.05, 3.63) is 96.6 Å². The fraction of sp³-hybridized carbons (Fsp3) is 0.395. The molecule has 0 fully saturated rings. The van der Waals surface area contributed by atoms with Crippen molar-refractivity contribution in [2.45, 2.75) is 76.5 Å². The van der Waals surface area contributed by atoms with Gasteiger partial charge in [0, 0.05) is 11.6 Å². The third-order valence-corrected chi connectivity index (χ3v) is 7.38. The van der Waals surface area contributed by atoms with Gasteiger partial charge in [-0.25, -0.2) is 14.4 Å². The van der Waals surface area contributed by atoms with Gasteiger partial charge in [-0.1, -0.05) is 88.3 Å². The lowest BCUT2D eigenvalue weighted by Gasteiger charge is -2.13. The highest BCUT2D eigenvalue weighted by Crippen LogP contribution is 2.32. The van der Waals surface area contributed by atoms with Gasteiger partial charge in [-0.3, -0.25) is 0 Å². The van der Waals surface area contributed by atoms with Crippen LogP contribution in [-0.4, -0.2) is 43.1 Å². The van der Waals surface area contributed by atoms with Gasteiger partial charge < -0.3 is 18.9 Å². The minimum Gasteiger partial charge on any atom is -0.494 e. The third kappa shape index (κ3) is 13.5. The SMILES string of the molecule is C=CC(=O)OCCCCCCCCCCCCOc1ccc(C(=O)Oc2cc(C(=O)OCC(C)Cl)ccc2-c2ccccc2)cc1. The monoisotopic (exact) mass is 648 g/mol. The molecular formula is C38H45ClO7. The van der Waals surface area contributed by atoms with Crippen molar-refractivity contribution < 1.29 is 33.3 Å². The Morgan fingerprint density at radius 3 is 1.91 bits per heavy atom. The Morgan fingerprint density at radius 1 is 0.717 bits per heavy atom. The Labute approximate surface area is 277 Å². The molecule has 0 aliphatic rings. The molecule has 0 aromatic heterocycles. The summed E-state index contributed by atoms with van der Waals surface area (Å²) in [4.78, 5) is 36.6. The molecule has 0 aliphatic heterocycles. The molecule has 46 heavy (non-hydrogen) atoms. The van der Waals surface area contributed by atoms with Crippen LogP contribution in [0.5, 0.6) is 11.5 Å². The topological polar surface area (TPSA) is 88.1 Å². The molecule has 0 spiro atoms. The molecule has 0 saturated heterocycles. The lowest BCUT2D eigenvalue weighted by Crippen LogP contribution is -2.13. The summed E-state index contributed by atoms with van der Waals surface area (Å²) >= 11 is 5.92. The predicted octanol–water partition coefficient (Wildman–Crippen LogP) is 9.37. The van der Waals surface area contributed by atoms with Gasteiger partial charge in [-0.15, -0.1) is 11.6 Å². The zero-order valence-corrected chi connectivity index (χ0v) is 27.5. The summed E-state index contributed by atoms with van der Waals surface area (Å²) in [6.45, 7) is 6.29. The Bertz CT molecular complexity index is 1370. The lowest BCUT2D eigenvalue weighted by molar-refractivity contribution is -0.137. The summed E-state index contributed by atoms with van der Waals surface area (Å²) < 4.78 is 21.9.